The van der Waals surface area contributed by atoms with E-state index < -0.39 is 11.7 Å². The van der Waals surface area contributed by atoms with E-state index in [0.29, 0.717) is 12.1 Å². The normalized spacial score (nSPS) is 11.4. The van der Waals surface area contributed by atoms with Crippen molar-refractivity contribution in [2.24, 2.45) is 5.41 Å². The Balaban J connectivity index is 3.01. The van der Waals surface area contributed by atoms with E-state index in [1.807, 2.05) is 20.8 Å². The van der Waals surface area contributed by atoms with Crippen LogP contribution in [0.5, 0.6) is 0 Å². The molecule has 1 aromatic carbocycles. The van der Waals surface area contributed by atoms with Gasteiger partial charge in [-0.1, -0.05) is 32.9 Å². The summed E-state index contributed by atoms with van der Waals surface area (Å²) < 4.78 is 13.9. The lowest BCUT2D eigenvalue weighted by Crippen LogP contribution is -2.37. The van der Waals surface area contributed by atoms with Crippen molar-refractivity contribution in [3.63, 3.8) is 0 Å². The van der Waals surface area contributed by atoms with Crippen LogP contribution in [0.4, 0.5) is 4.39 Å². The number of hydrogen-bond acceptors (Lipinski definition) is 2. The van der Waals surface area contributed by atoms with Gasteiger partial charge >= 0.3 is 0 Å². The molecular weight excluding hydrogens is 233 g/mol. The number of rotatable bonds is 3. The molecule has 0 spiro atoms. The number of amides is 1. The maximum Gasteiger partial charge on any atom is 0.280 e. The highest BCUT2D eigenvalue weighted by Gasteiger charge is 2.24. The maximum absolute atomic E-state index is 13.9. The van der Waals surface area contributed by atoms with Crippen LogP contribution >= 0.6 is 0 Å². The van der Waals surface area contributed by atoms with Crippen LogP contribution in [0, 0.1) is 18.2 Å². The van der Waals surface area contributed by atoms with Crippen LogP contribution in [0.25, 0.3) is 0 Å². The van der Waals surface area contributed by atoms with E-state index in [1.54, 1.807) is 19.1 Å². The fourth-order valence-corrected chi connectivity index (χ4v) is 1.60. The molecular formula is C14H20FNO2. The molecule has 0 bridgehead atoms. The highest BCUT2D eigenvalue weighted by atomic mass is 19.1. The molecule has 1 aromatic rings. The first-order chi connectivity index (χ1) is 8.26. The molecule has 0 aliphatic carbocycles. The van der Waals surface area contributed by atoms with Crippen LogP contribution in [0.1, 0.15) is 36.7 Å². The van der Waals surface area contributed by atoms with Crippen LogP contribution in [-0.2, 0) is 4.84 Å². The molecule has 100 valence electrons. The predicted octanol–water partition coefficient (Wildman–Crippen LogP) is 3.18. The summed E-state index contributed by atoms with van der Waals surface area (Å²) in [6, 6.07) is 4.77. The molecule has 0 saturated carbocycles. The number of nitrogens with zero attached hydrogens (tertiary/aromatic N) is 1. The number of hydroxylamine groups is 2. The summed E-state index contributed by atoms with van der Waals surface area (Å²) in [4.78, 5) is 17.2. The minimum Gasteiger partial charge on any atom is -0.274 e. The number of carbonyl (C=O) groups is 1. The largest absolute Gasteiger partial charge is 0.280 e. The molecule has 0 unspecified atom stereocenters. The highest BCUT2D eigenvalue weighted by molar-refractivity contribution is 5.94. The number of hydrogen-bond donors (Lipinski definition) is 0. The first-order valence-corrected chi connectivity index (χ1v) is 5.87. The van der Waals surface area contributed by atoms with Crippen molar-refractivity contribution in [2.75, 3.05) is 13.7 Å². The summed E-state index contributed by atoms with van der Waals surface area (Å²) >= 11 is 0. The molecule has 0 heterocycles. The van der Waals surface area contributed by atoms with Crippen molar-refractivity contribution in [2.45, 2.75) is 27.7 Å². The molecule has 0 aliphatic rings. The van der Waals surface area contributed by atoms with Gasteiger partial charge in [-0.05, 0) is 24.0 Å². The zero-order chi connectivity index (χ0) is 13.9. The van der Waals surface area contributed by atoms with Gasteiger partial charge in [0.1, 0.15) is 5.82 Å². The topological polar surface area (TPSA) is 29.5 Å². The van der Waals surface area contributed by atoms with Crippen LogP contribution in [0.3, 0.4) is 0 Å². The maximum atomic E-state index is 13.9. The second-order valence-electron chi connectivity index (χ2n) is 5.52. The molecule has 0 aromatic heterocycles. The van der Waals surface area contributed by atoms with E-state index in [-0.39, 0.29) is 11.0 Å². The van der Waals surface area contributed by atoms with Crippen LogP contribution < -0.4 is 0 Å². The van der Waals surface area contributed by atoms with Gasteiger partial charge in [-0.3, -0.25) is 9.63 Å². The molecule has 0 aliphatic heterocycles. The lowest BCUT2D eigenvalue weighted by atomic mass is 9.96. The summed E-state index contributed by atoms with van der Waals surface area (Å²) in [7, 11) is 1.41. The van der Waals surface area contributed by atoms with E-state index in [9.17, 15) is 9.18 Å². The fourth-order valence-electron chi connectivity index (χ4n) is 1.60. The first-order valence-electron chi connectivity index (χ1n) is 5.87. The van der Waals surface area contributed by atoms with Crippen molar-refractivity contribution in [3.05, 3.63) is 35.1 Å². The lowest BCUT2D eigenvalue weighted by Gasteiger charge is -2.27. The molecule has 1 rings (SSSR count). The van der Waals surface area contributed by atoms with Gasteiger partial charge in [0, 0.05) is 0 Å². The van der Waals surface area contributed by atoms with Crippen LogP contribution in [0.15, 0.2) is 18.2 Å². The van der Waals surface area contributed by atoms with E-state index in [0.717, 1.165) is 0 Å². The molecule has 18 heavy (non-hydrogen) atoms. The second-order valence-corrected chi connectivity index (χ2v) is 5.52. The van der Waals surface area contributed by atoms with E-state index in [2.05, 4.69) is 0 Å². The SMILES string of the molecule is CON(CC(C)(C)C)C(=O)c1cccc(C)c1F. The van der Waals surface area contributed by atoms with E-state index >= 15 is 0 Å². The van der Waals surface area contributed by atoms with Gasteiger partial charge in [-0.25, -0.2) is 9.45 Å². The zero-order valence-corrected chi connectivity index (χ0v) is 11.6. The van der Waals surface area contributed by atoms with E-state index in [1.165, 1.54) is 18.2 Å². The Morgan fingerprint density at radius 1 is 1.39 bits per heavy atom. The summed E-state index contributed by atoms with van der Waals surface area (Å²) in [5, 5.41) is 1.19. The van der Waals surface area contributed by atoms with Crippen LogP contribution in [-0.4, -0.2) is 24.6 Å². The summed E-state index contributed by atoms with van der Waals surface area (Å²) in [6.07, 6.45) is 0. The Hall–Kier alpha value is -1.42. The van der Waals surface area contributed by atoms with Crippen molar-refractivity contribution in [1.29, 1.82) is 0 Å². The molecule has 0 atom stereocenters. The zero-order valence-electron chi connectivity index (χ0n) is 11.6. The molecule has 0 N–H and O–H groups in total. The van der Waals surface area contributed by atoms with Gasteiger partial charge in [-0.15, -0.1) is 0 Å². The Labute approximate surface area is 108 Å². The standard InChI is InChI=1S/C14H20FNO2/c1-10-7-6-8-11(12(10)15)13(17)16(18-5)9-14(2,3)4/h6-8H,9H2,1-5H3. The van der Waals surface area contributed by atoms with Crippen molar-refractivity contribution in [3.8, 4) is 0 Å². The van der Waals surface area contributed by atoms with Gasteiger partial charge in [-0.2, -0.15) is 0 Å². The van der Waals surface area contributed by atoms with Crippen molar-refractivity contribution in [1.82, 2.24) is 5.06 Å². The minimum atomic E-state index is -0.488. The fraction of sp³-hybridized carbons (Fsp3) is 0.500. The second kappa shape index (κ2) is 5.48. The molecule has 4 heteroatoms. The summed E-state index contributed by atoms with van der Waals surface area (Å²) in [6.45, 7) is 7.99. The molecule has 0 radical (unpaired) electrons. The minimum absolute atomic E-state index is 0.0427. The lowest BCUT2D eigenvalue weighted by molar-refractivity contribution is -0.110. The number of halogens is 1. The molecule has 0 fully saturated rings. The number of aryl methyl sites for hydroxylation is 1. The first kappa shape index (κ1) is 14.6. The van der Waals surface area contributed by atoms with E-state index in [4.69, 9.17) is 4.84 Å². The summed E-state index contributed by atoms with van der Waals surface area (Å²) in [5.74, 6) is -0.938. The average Bonchev–Trinajstić information content (AvgIpc) is 2.27. The van der Waals surface area contributed by atoms with Gasteiger partial charge in [0.05, 0.1) is 19.2 Å². The van der Waals surface area contributed by atoms with Gasteiger partial charge in [0.25, 0.3) is 5.91 Å². The number of carbonyl (C=O) groups excluding carboxylic acids is 1. The van der Waals surface area contributed by atoms with Gasteiger partial charge in [0.2, 0.25) is 0 Å². The predicted molar refractivity (Wildman–Crippen MR) is 68.6 cm³/mol. The smallest absolute Gasteiger partial charge is 0.274 e. The molecule has 0 saturated heterocycles. The quantitative estimate of drug-likeness (QED) is 0.774. The Bertz CT molecular complexity index is 438. The third-order valence-electron chi connectivity index (χ3n) is 2.49. The van der Waals surface area contributed by atoms with Gasteiger partial charge in [0.15, 0.2) is 0 Å². The van der Waals surface area contributed by atoms with Crippen molar-refractivity contribution >= 4 is 5.91 Å². The number of benzene rings is 1. The third kappa shape index (κ3) is 3.53. The van der Waals surface area contributed by atoms with Crippen LogP contribution in [0.2, 0.25) is 0 Å². The monoisotopic (exact) mass is 253 g/mol. The molecule has 1 amide bonds. The van der Waals surface area contributed by atoms with Crippen molar-refractivity contribution < 1.29 is 14.0 Å². The average molecular weight is 253 g/mol. The Morgan fingerprint density at radius 3 is 2.50 bits per heavy atom. The Morgan fingerprint density at radius 2 is 2.00 bits per heavy atom. The summed E-state index contributed by atoms with van der Waals surface area (Å²) in [5.41, 5.74) is 0.375. The van der Waals surface area contributed by atoms with Gasteiger partial charge < -0.3 is 0 Å². The third-order valence-corrected chi connectivity index (χ3v) is 2.49. The highest BCUT2D eigenvalue weighted by Crippen LogP contribution is 2.19. The molecule has 3 nitrogen and oxygen atoms in total. The Kier molecular flexibility index (Phi) is 4.46.